The molecule has 2 aromatic carbocycles. The molecule has 0 saturated carbocycles. The van der Waals surface area contributed by atoms with Crippen LogP contribution in [0.1, 0.15) is 5.56 Å². The summed E-state index contributed by atoms with van der Waals surface area (Å²) < 4.78 is 45.6. The second-order valence-corrected chi connectivity index (χ2v) is 7.25. The van der Waals surface area contributed by atoms with Gasteiger partial charge in [-0.25, -0.2) is 17.5 Å². The molecule has 0 aliphatic heterocycles. The van der Waals surface area contributed by atoms with Gasteiger partial charge in [0, 0.05) is 18.1 Å². The van der Waals surface area contributed by atoms with E-state index in [1.165, 1.54) is 12.1 Å². The predicted molar refractivity (Wildman–Crippen MR) is 93.6 cm³/mol. The van der Waals surface area contributed by atoms with E-state index < -0.39 is 15.8 Å². The summed E-state index contributed by atoms with van der Waals surface area (Å²) in [5, 5.41) is 0.947. The number of benzene rings is 2. The number of rotatable bonds is 6. The van der Waals surface area contributed by atoms with Crippen molar-refractivity contribution in [1.82, 2.24) is 9.71 Å². The van der Waals surface area contributed by atoms with E-state index in [4.69, 9.17) is 4.74 Å². The Morgan fingerprint density at radius 3 is 2.80 bits per heavy atom. The molecule has 0 saturated heterocycles. The molecular weight excluding hydrogens is 343 g/mol. The number of aromatic nitrogens is 1. The summed E-state index contributed by atoms with van der Waals surface area (Å²) >= 11 is 0. The van der Waals surface area contributed by atoms with Crippen molar-refractivity contribution in [3.8, 4) is 5.75 Å². The molecule has 7 heteroatoms. The minimum atomic E-state index is -3.70. The fraction of sp³-hybridized carbons (Fsp3) is 0.167. The Bertz CT molecular complexity index is 1010. The van der Waals surface area contributed by atoms with Crippen molar-refractivity contribution in [1.29, 1.82) is 0 Å². The average Bonchev–Trinajstić information content (AvgIpc) is 2.58. The highest BCUT2D eigenvalue weighted by Crippen LogP contribution is 2.19. The number of halogens is 1. The lowest BCUT2D eigenvalue weighted by atomic mass is 10.2. The summed E-state index contributed by atoms with van der Waals surface area (Å²) in [6, 6.07) is 12.8. The van der Waals surface area contributed by atoms with E-state index in [-0.39, 0.29) is 18.0 Å². The van der Waals surface area contributed by atoms with Crippen LogP contribution in [0.4, 0.5) is 4.39 Å². The molecule has 0 amide bonds. The van der Waals surface area contributed by atoms with Gasteiger partial charge in [0.05, 0.1) is 10.4 Å². The smallest absolute Gasteiger partial charge is 0.240 e. The molecule has 0 atom stereocenters. The fourth-order valence-corrected chi connectivity index (χ4v) is 3.72. The zero-order valence-electron chi connectivity index (χ0n) is 13.6. The fourth-order valence-electron chi connectivity index (χ4n) is 2.48. The lowest BCUT2D eigenvalue weighted by molar-refractivity contribution is 0.323. The maximum atomic E-state index is 13.1. The zero-order valence-corrected chi connectivity index (χ0v) is 14.4. The summed E-state index contributed by atoms with van der Waals surface area (Å²) in [6.45, 7) is 1.83. The highest BCUT2D eigenvalue weighted by Gasteiger charge is 2.16. The summed E-state index contributed by atoms with van der Waals surface area (Å²) in [5.41, 5.74) is 1.22. The van der Waals surface area contributed by atoms with Crippen LogP contribution in [-0.2, 0) is 10.0 Å². The number of fused-ring (bicyclic) bond motifs is 1. The van der Waals surface area contributed by atoms with Gasteiger partial charge in [0.1, 0.15) is 18.2 Å². The molecule has 3 aromatic rings. The zero-order chi connectivity index (χ0) is 17.9. The Morgan fingerprint density at radius 1 is 1.16 bits per heavy atom. The molecule has 0 radical (unpaired) electrons. The molecule has 0 fully saturated rings. The van der Waals surface area contributed by atoms with Crippen molar-refractivity contribution in [3.63, 3.8) is 0 Å². The van der Waals surface area contributed by atoms with Crippen LogP contribution in [0.3, 0.4) is 0 Å². The first kappa shape index (κ1) is 17.3. The monoisotopic (exact) mass is 360 g/mol. The van der Waals surface area contributed by atoms with Crippen molar-refractivity contribution in [2.75, 3.05) is 13.2 Å². The van der Waals surface area contributed by atoms with Crippen molar-refractivity contribution in [2.24, 2.45) is 0 Å². The topological polar surface area (TPSA) is 68.3 Å². The number of pyridine rings is 1. The van der Waals surface area contributed by atoms with Crippen molar-refractivity contribution in [3.05, 3.63) is 66.1 Å². The summed E-state index contributed by atoms with van der Waals surface area (Å²) in [4.78, 5) is 4.29. The third-order valence-corrected chi connectivity index (χ3v) is 5.29. The van der Waals surface area contributed by atoms with Crippen LogP contribution >= 0.6 is 0 Å². The van der Waals surface area contributed by atoms with Gasteiger partial charge in [-0.05, 0) is 55.0 Å². The van der Waals surface area contributed by atoms with Gasteiger partial charge in [-0.15, -0.1) is 0 Å². The Balaban J connectivity index is 1.60. The van der Waals surface area contributed by atoms with Gasteiger partial charge in [0.2, 0.25) is 10.0 Å². The van der Waals surface area contributed by atoms with Gasteiger partial charge in [-0.2, -0.15) is 0 Å². The van der Waals surface area contributed by atoms with E-state index in [0.29, 0.717) is 11.3 Å². The van der Waals surface area contributed by atoms with Crippen LogP contribution in [0.5, 0.6) is 5.75 Å². The molecule has 1 heterocycles. The Hall–Kier alpha value is -2.51. The summed E-state index contributed by atoms with van der Waals surface area (Å²) in [5.74, 6) is 0.170. The van der Waals surface area contributed by atoms with E-state index in [1.54, 1.807) is 19.2 Å². The standard InChI is InChI=1S/C18H17FN2O3S/c1-13-11-15(19)4-7-18(13)25(22,23)21-9-10-24-16-5-6-17-14(12-16)3-2-8-20-17/h2-8,11-12,21H,9-10H2,1H3. The first-order valence-corrected chi connectivity index (χ1v) is 9.17. The highest BCUT2D eigenvalue weighted by molar-refractivity contribution is 7.89. The van der Waals surface area contributed by atoms with Crippen LogP contribution in [0.25, 0.3) is 10.9 Å². The Labute approximate surface area is 145 Å². The first-order chi connectivity index (χ1) is 12.0. The third-order valence-electron chi connectivity index (χ3n) is 3.66. The van der Waals surface area contributed by atoms with Crippen molar-refractivity contribution >= 4 is 20.9 Å². The van der Waals surface area contributed by atoms with Crippen molar-refractivity contribution in [2.45, 2.75) is 11.8 Å². The minimum absolute atomic E-state index is 0.0608. The maximum absolute atomic E-state index is 13.1. The molecule has 3 rings (SSSR count). The molecule has 0 unspecified atom stereocenters. The minimum Gasteiger partial charge on any atom is -0.492 e. The largest absolute Gasteiger partial charge is 0.492 e. The lowest BCUT2D eigenvalue weighted by Gasteiger charge is -2.10. The Kier molecular flexibility index (Phi) is 4.96. The molecule has 0 bridgehead atoms. The van der Waals surface area contributed by atoms with E-state index in [0.717, 1.165) is 17.0 Å². The molecule has 0 aliphatic carbocycles. The average molecular weight is 360 g/mol. The second-order valence-electron chi connectivity index (χ2n) is 5.51. The quantitative estimate of drug-likeness (QED) is 0.686. The van der Waals surface area contributed by atoms with Crippen LogP contribution in [-0.4, -0.2) is 26.6 Å². The predicted octanol–water partition coefficient (Wildman–Crippen LogP) is 3.04. The molecule has 5 nitrogen and oxygen atoms in total. The number of ether oxygens (including phenoxy) is 1. The molecule has 25 heavy (non-hydrogen) atoms. The number of hydrogen-bond acceptors (Lipinski definition) is 4. The molecule has 0 spiro atoms. The molecule has 0 aliphatic rings. The van der Waals surface area contributed by atoms with E-state index in [2.05, 4.69) is 9.71 Å². The van der Waals surface area contributed by atoms with Crippen LogP contribution < -0.4 is 9.46 Å². The van der Waals surface area contributed by atoms with Crippen LogP contribution in [0.15, 0.2) is 59.6 Å². The third kappa shape index (κ3) is 4.12. The van der Waals surface area contributed by atoms with Gasteiger partial charge in [-0.3, -0.25) is 4.98 Å². The summed E-state index contributed by atoms with van der Waals surface area (Å²) in [7, 11) is -3.70. The molecule has 1 aromatic heterocycles. The van der Waals surface area contributed by atoms with Gasteiger partial charge in [0.25, 0.3) is 0 Å². The highest BCUT2D eigenvalue weighted by atomic mass is 32.2. The SMILES string of the molecule is Cc1cc(F)ccc1S(=O)(=O)NCCOc1ccc2ncccc2c1. The number of nitrogens with one attached hydrogen (secondary N) is 1. The molecular formula is C18H17FN2O3S. The number of sulfonamides is 1. The normalized spacial score (nSPS) is 11.6. The van der Waals surface area contributed by atoms with Gasteiger partial charge in [-0.1, -0.05) is 6.07 Å². The Morgan fingerprint density at radius 2 is 2.00 bits per heavy atom. The van der Waals surface area contributed by atoms with Gasteiger partial charge in [0.15, 0.2) is 0 Å². The lowest BCUT2D eigenvalue weighted by Crippen LogP contribution is -2.28. The molecule has 1 N–H and O–H groups in total. The van der Waals surface area contributed by atoms with Crippen LogP contribution in [0, 0.1) is 12.7 Å². The van der Waals surface area contributed by atoms with Crippen LogP contribution in [0.2, 0.25) is 0 Å². The van der Waals surface area contributed by atoms with Crippen molar-refractivity contribution < 1.29 is 17.5 Å². The van der Waals surface area contributed by atoms with Gasteiger partial charge >= 0.3 is 0 Å². The van der Waals surface area contributed by atoms with Gasteiger partial charge < -0.3 is 4.74 Å². The number of aryl methyl sites for hydroxylation is 1. The number of hydrogen-bond donors (Lipinski definition) is 1. The first-order valence-electron chi connectivity index (χ1n) is 7.69. The van der Waals surface area contributed by atoms with E-state index in [1.807, 2.05) is 24.3 Å². The maximum Gasteiger partial charge on any atom is 0.240 e. The van der Waals surface area contributed by atoms with E-state index in [9.17, 15) is 12.8 Å². The summed E-state index contributed by atoms with van der Waals surface area (Å²) in [6.07, 6.45) is 1.72. The number of nitrogens with zero attached hydrogens (tertiary/aromatic N) is 1. The molecule has 130 valence electrons. The second kappa shape index (κ2) is 7.16. The van der Waals surface area contributed by atoms with E-state index >= 15 is 0 Å².